The Morgan fingerprint density at radius 3 is 2.94 bits per heavy atom. The number of carbonyl (C=O) groups excluding carboxylic acids is 1. The summed E-state index contributed by atoms with van der Waals surface area (Å²) < 4.78 is 0.843. The van der Waals surface area contributed by atoms with E-state index >= 15 is 0 Å². The SMILES string of the molecule is N#Cc1cc(Br)ccc1N1CC(CS)CC1=O. The Bertz CT molecular complexity index is 498. The summed E-state index contributed by atoms with van der Waals surface area (Å²) in [6.45, 7) is 0.651. The molecule has 5 heteroatoms. The summed E-state index contributed by atoms with van der Waals surface area (Å²) >= 11 is 7.54. The molecule has 2 rings (SSSR count). The predicted octanol–water partition coefficient (Wildman–Crippen LogP) is 2.60. The summed E-state index contributed by atoms with van der Waals surface area (Å²) in [5.41, 5.74) is 1.22. The molecule has 1 aliphatic rings. The van der Waals surface area contributed by atoms with Crippen LogP contribution in [0.2, 0.25) is 0 Å². The monoisotopic (exact) mass is 310 g/mol. The Morgan fingerprint density at radius 2 is 2.35 bits per heavy atom. The van der Waals surface area contributed by atoms with Gasteiger partial charge in [-0.05, 0) is 29.9 Å². The van der Waals surface area contributed by atoms with Crippen molar-refractivity contribution < 1.29 is 4.79 Å². The Balaban J connectivity index is 2.35. The van der Waals surface area contributed by atoms with Gasteiger partial charge in [0, 0.05) is 17.4 Å². The van der Waals surface area contributed by atoms with E-state index in [2.05, 4.69) is 34.6 Å². The molecule has 17 heavy (non-hydrogen) atoms. The van der Waals surface area contributed by atoms with Gasteiger partial charge in [0.15, 0.2) is 0 Å². The van der Waals surface area contributed by atoms with Crippen molar-refractivity contribution in [3.8, 4) is 6.07 Å². The van der Waals surface area contributed by atoms with Crippen LogP contribution >= 0.6 is 28.6 Å². The summed E-state index contributed by atoms with van der Waals surface area (Å²) in [5, 5.41) is 9.09. The predicted molar refractivity (Wildman–Crippen MR) is 73.2 cm³/mol. The number of amides is 1. The number of nitrogens with zero attached hydrogens (tertiary/aromatic N) is 2. The van der Waals surface area contributed by atoms with Gasteiger partial charge in [-0.1, -0.05) is 15.9 Å². The standard InChI is InChI=1S/C12H11BrN2OS/c13-10-1-2-11(9(4-10)5-14)15-6-8(7-17)3-12(15)16/h1-2,4,8,17H,3,6-7H2. The van der Waals surface area contributed by atoms with Crippen molar-refractivity contribution in [2.45, 2.75) is 6.42 Å². The summed E-state index contributed by atoms with van der Waals surface area (Å²) in [6.07, 6.45) is 0.518. The number of thiol groups is 1. The number of carbonyl (C=O) groups is 1. The normalized spacial score (nSPS) is 19.5. The minimum atomic E-state index is 0.0721. The molecule has 1 amide bonds. The second-order valence-corrected chi connectivity index (χ2v) is 5.31. The van der Waals surface area contributed by atoms with Crippen LogP contribution in [-0.2, 0) is 4.79 Å². The third-order valence-corrected chi connectivity index (χ3v) is 3.84. The lowest BCUT2D eigenvalue weighted by Crippen LogP contribution is -2.25. The second kappa shape index (κ2) is 5.11. The van der Waals surface area contributed by atoms with Crippen LogP contribution in [0.1, 0.15) is 12.0 Å². The molecule has 1 unspecified atom stereocenters. The van der Waals surface area contributed by atoms with Gasteiger partial charge in [0.2, 0.25) is 5.91 Å². The summed E-state index contributed by atoms with van der Waals surface area (Å²) in [5.74, 6) is 1.05. The van der Waals surface area contributed by atoms with E-state index in [1.807, 2.05) is 6.07 Å². The van der Waals surface area contributed by atoms with Crippen molar-refractivity contribution in [3.05, 3.63) is 28.2 Å². The number of anilines is 1. The first kappa shape index (κ1) is 12.5. The Kier molecular flexibility index (Phi) is 3.75. The molecule has 0 saturated carbocycles. The van der Waals surface area contributed by atoms with E-state index in [9.17, 15) is 4.79 Å². The zero-order valence-corrected chi connectivity index (χ0v) is 11.5. The molecule has 0 radical (unpaired) electrons. The van der Waals surface area contributed by atoms with Crippen LogP contribution in [0.25, 0.3) is 0 Å². The van der Waals surface area contributed by atoms with E-state index in [1.165, 1.54) is 0 Å². The minimum absolute atomic E-state index is 0.0721. The Hall–Kier alpha value is -0.990. The van der Waals surface area contributed by atoms with Gasteiger partial charge in [0.05, 0.1) is 11.3 Å². The molecule has 1 aromatic rings. The first-order chi connectivity index (χ1) is 8.15. The van der Waals surface area contributed by atoms with Crippen molar-refractivity contribution in [3.63, 3.8) is 0 Å². The van der Waals surface area contributed by atoms with E-state index in [1.54, 1.807) is 17.0 Å². The summed E-state index contributed by atoms with van der Waals surface area (Å²) in [4.78, 5) is 13.6. The van der Waals surface area contributed by atoms with Crippen LogP contribution in [0, 0.1) is 17.2 Å². The van der Waals surface area contributed by atoms with Gasteiger partial charge in [0.1, 0.15) is 6.07 Å². The summed E-state index contributed by atoms with van der Waals surface area (Å²) in [7, 11) is 0. The maximum absolute atomic E-state index is 11.9. The third kappa shape index (κ3) is 2.48. The molecule has 0 spiro atoms. The lowest BCUT2D eigenvalue weighted by atomic mass is 10.1. The molecule has 0 aliphatic carbocycles. The highest BCUT2D eigenvalue weighted by atomic mass is 79.9. The first-order valence-corrected chi connectivity index (χ1v) is 6.69. The molecule has 0 bridgehead atoms. The van der Waals surface area contributed by atoms with Crippen LogP contribution in [0.5, 0.6) is 0 Å². The van der Waals surface area contributed by atoms with E-state index in [4.69, 9.17) is 5.26 Å². The zero-order chi connectivity index (χ0) is 12.4. The summed E-state index contributed by atoms with van der Waals surface area (Å²) in [6, 6.07) is 7.51. The minimum Gasteiger partial charge on any atom is -0.311 e. The largest absolute Gasteiger partial charge is 0.311 e. The van der Waals surface area contributed by atoms with Crippen molar-refractivity contribution in [1.82, 2.24) is 0 Å². The van der Waals surface area contributed by atoms with Gasteiger partial charge in [-0.25, -0.2) is 0 Å². The number of halogens is 1. The lowest BCUT2D eigenvalue weighted by Gasteiger charge is -2.18. The third-order valence-electron chi connectivity index (χ3n) is 2.83. The van der Waals surface area contributed by atoms with E-state index in [0.717, 1.165) is 4.47 Å². The molecule has 1 aromatic carbocycles. The Labute approximate surface area is 114 Å². The van der Waals surface area contributed by atoms with Gasteiger partial charge in [-0.15, -0.1) is 0 Å². The van der Waals surface area contributed by atoms with Crippen LogP contribution in [0.15, 0.2) is 22.7 Å². The van der Waals surface area contributed by atoms with Crippen LogP contribution in [-0.4, -0.2) is 18.2 Å². The highest BCUT2D eigenvalue weighted by Crippen LogP contribution is 2.30. The number of benzene rings is 1. The van der Waals surface area contributed by atoms with E-state index in [-0.39, 0.29) is 11.8 Å². The number of hydrogen-bond donors (Lipinski definition) is 1. The van der Waals surface area contributed by atoms with Gasteiger partial charge in [0.25, 0.3) is 0 Å². The van der Waals surface area contributed by atoms with Crippen LogP contribution in [0.4, 0.5) is 5.69 Å². The molecular weight excluding hydrogens is 300 g/mol. The van der Waals surface area contributed by atoms with Gasteiger partial charge < -0.3 is 4.90 Å². The fraction of sp³-hybridized carbons (Fsp3) is 0.333. The van der Waals surface area contributed by atoms with E-state index < -0.39 is 0 Å². The molecule has 88 valence electrons. The van der Waals surface area contributed by atoms with E-state index in [0.29, 0.717) is 30.0 Å². The molecule has 0 aromatic heterocycles. The van der Waals surface area contributed by atoms with Crippen LogP contribution in [0.3, 0.4) is 0 Å². The number of hydrogen-bond acceptors (Lipinski definition) is 3. The van der Waals surface area contributed by atoms with Gasteiger partial charge in [-0.3, -0.25) is 4.79 Å². The first-order valence-electron chi connectivity index (χ1n) is 5.26. The zero-order valence-electron chi connectivity index (χ0n) is 9.06. The average Bonchev–Trinajstić information content (AvgIpc) is 2.70. The number of rotatable bonds is 2. The molecule has 1 saturated heterocycles. The fourth-order valence-electron chi connectivity index (χ4n) is 1.97. The molecule has 1 heterocycles. The topological polar surface area (TPSA) is 44.1 Å². The second-order valence-electron chi connectivity index (χ2n) is 4.03. The van der Waals surface area contributed by atoms with Crippen molar-refractivity contribution in [1.29, 1.82) is 5.26 Å². The van der Waals surface area contributed by atoms with Gasteiger partial charge >= 0.3 is 0 Å². The fourth-order valence-corrected chi connectivity index (χ4v) is 2.58. The lowest BCUT2D eigenvalue weighted by molar-refractivity contribution is -0.117. The molecule has 3 nitrogen and oxygen atoms in total. The van der Waals surface area contributed by atoms with Crippen LogP contribution < -0.4 is 4.90 Å². The average molecular weight is 311 g/mol. The van der Waals surface area contributed by atoms with Gasteiger partial charge in [-0.2, -0.15) is 17.9 Å². The quantitative estimate of drug-likeness (QED) is 0.853. The molecule has 1 aliphatic heterocycles. The maximum atomic E-state index is 11.9. The van der Waals surface area contributed by atoms with Crippen molar-refractivity contribution >= 4 is 40.2 Å². The highest BCUT2D eigenvalue weighted by Gasteiger charge is 2.30. The maximum Gasteiger partial charge on any atom is 0.227 e. The molecular formula is C12H11BrN2OS. The number of nitriles is 1. The highest BCUT2D eigenvalue weighted by molar-refractivity contribution is 9.10. The van der Waals surface area contributed by atoms with Crippen molar-refractivity contribution in [2.75, 3.05) is 17.2 Å². The molecule has 1 fully saturated rings. The molecule has 0 N–H and O–H groups in total. The smallest absolute Gasteiger partial charge is 0.227 e. The molecule has 1 atom stereocenters. The van der Waals surface area contributed by atoms with Crippen molar-refractivity contribution in [2.24, 2.45) is 5.92 Å². The Morgan fingerprint density at radius 1 is 1.59 bits per heavy atom.